The zero-order chi connectivity index (χ0) is 23.6. The number of aryl methyl sites for hydroxylation is 1. The molecule has 0 saturated carbocycles. The van der Waals surface area contributed by atoms with Crippen molar-refractivity contribution in [2.45, 2.75) is 11.8 Å². The molecule has 4 rings (SSSR count). The number of aromatic nitrogens is 2. The summed E-state index contributed by atoms with van der Waals surface area (Å²) in [5.74, 6) is 1.58. The van der Waals surface area contributed by atoms with Gasteiger partial charge in [0.15, 0.2) is 5.82 Å². The molecule has 0 unspecified atom stereocenters. The molecule has 1 saturated heterocycles. The van der Waals surface area contributed by atoms with Crippen molar-refractivity contribution in [2.24, 2.45) is 0 Å². The van der Waals surface area contributed by atoms with Crippen LogP contribution in [-0.4, -0.2) is 63.3 Å². The van der Waals surface area contributed by atoms with E-state index in [1.54, 1.807) is 21.1 Å². The van der Waals surface area contributed by atoms with Crippen LogP contribution >= 0.6 is 0 Å². The van der Waals surface area contributed by atoms with Crippen LogP contribution in [0, 0.1) is 12.7 Å². The third kappa shape index (κ3) is 4.62. The molecule has 0 amide bonds. The minimum atomic E-state index is -3.69. The minimum Gasteiger partial charge on any atom is -0.497 e. The summed E-state index contributed by atoms with van der Waals surface area (Å²) >= 11 is 0. The van der Waals surface area contributed by atoms with Crippen molar-refractivity contribution in [3.63, 3.8) is 0 Å². The Bertz CT molecular complexity index is 1240. The van der Waals surface area contributed by atoms with Crippen molar-refractivity contribution in [2.75, 3.05) is 45.3 Å². The van der Waals surface area contributed by atoms with E-state index in [1.807, 2.05) is 35.2 Å². The quantitative estimate of drug-likeness (QED) is 0.545. The third-order valence-corrected chi connectivity index (χ3v) is 7.56. The molecule has 0 aliphatic carbocycles. The first kappa shape index (κ1) is 22.9. The van der Waals surface area contributed by atoms with E-state index in [0.717, 1.165) is 5.56 Å². The van der Waals surface area contributed by atoms with Crippen molar-refractivity contribution >= 4 is 15.8 Å². The maximum atomic E-state index is 13.5. The molecule has 3 aromatic rings. The second kappa shape index (κ2) is 9.32. The summed E-state index contributed by atoms with van der Waals surface area (Å²) in [5, 5.41) is 8.69. The zero-order valence-electron chi connectivity index (χ0n) is 18.7. The second-order valence-corrected chi connectivity index (χ2v) is 9.58. The van der Waals surface area contributed by atoms with Gasteiger partial charge in [0, 0.05) is 31.7 Å². The van der Waals surface area contributed by atoms with E-state index in [9.17, 15) is 12.8 Å². The van der Waals surface area contributed by atoms with E-state index in [0.29, 0.717) is 54.8 Å². The Morgan fingerprint density at radius 3 is 2.27 bits per heavy atom. The van der Waals surface area contributed by atoms with E-state index in [-0.39, 0.29) is 4.90 Å². The van der Waals surface area contributed by atoms with Crippen LogP contribution < -0.4 is 14.4 Å². The molecule has 0 spiro atoms. The number of anilines is 1. The lowest BCUT2D eigenvalue weighted by molar-refractivity contribution is 0.383. The van der Waals surface area contributed by atoms with Crippen molar-refractivity contribution in [1.29, 1.82) is 0 Å². The molecular weight excluding hydrogens is 447 g/mol. The van der Waals surface area contributed by atoms with Crippen LogP contribution in [0.4, 0.5) is 10.2 Å². The van der Waals surface area contributed by atoms with Gasteiger partial charge in [0.1, 0.15) is 17.3 Å². The fourth-order valence-electron chi connectivity index (χ4n) is 3.74. The van der Waals surface area contributed by atoms with Crippen LogP contribution in [0.1, 0.15) is 5.56 Å². The Balaban J connectivity index is 1.47. The largest absolute Gasteiger partial charge is 0.497 e. The first-order chi connectivity index (χ1) is 15.8. The van der Waals surface area contributed by atoms with Gasteiger partial charge in [-0.1, -0.05) is 0 Å². The van der Waals surface area contributed by atoms with Crippen LogP contribution in [0.25, 0.3) is 11.3 Å². The maximum Gasteiger partial charge on any atom is 0.243 e. The lowest BCUT2D eigenvalue weighted by Crippen LogP contribution is -2.49. The van der Waals surface area contributed by atoms with Gasteiger partial charge >= 0.3 is 0 Å². The van der Waals surface area contributed by atoms with Crippen LogP contribution in [0.15, 0.2) is 53.4 Å². The van der Waals surface area contributed by atoms with Gasteiger partial charge in [0.25, 0.3) is 0 Å². The molecule has 10 heteroatoms. The molecule has 2 aromatic carbocycles. The fraction of sp³-hybridized carbons (Fsp3) is 0.304. The van der Waals surface area contributed by atoms with Crippen molar-refractivity contribution in [3.05, 3.63) is 59.9 Å². The molecule has 0 N–H and O–H groups in total. The average Bonchev–Trinajstić information content (AvgIpc) is 2.85. The van der Waals surface area contributed by atoms with E-state index in [4.69, 9.17) is 9.47 Å². The lowest BCUT2D eigenvalue weighted by Gasteiger charge is -2.34. The second-order valence-electron chi connectivity index (χ2n) is 7.65. The normalized spacial score (nSPS) is 14.8. The fourth-order valence-corrected chi connectivity index (χ4v) is 5.24. The predicted octanol–water partition coefficient (Wildman–Crippen LogP) is 3.12. The number of nitrogens with zero attached hydrogens (tertiary/aromatic N) is 4. The molecule has 1 aliphatic rings. The highest BCUT2D eigenvalue weighted by molar-refractivity contribution is 7.89. The highest BCUT2D eigenvalue weighted by Gasteiger charge is 2.29. The number of halogens is 1. The Kier molecular flexibility index (Phi) is 6.48. The molecule has 0 radical (unpaired) electrons. The zero-order valence-corrected chi connectivity index (χ0v) is 19.5. The predicted molar refractivity (Wildman–Crippen MR) is 123 cm³/mol. The maximum absolute atomic E-state index is 13.5. The minimum absolute atomic E-state index is 0.103. The summed E-state index contributed by atoms with van der Waals surface area (Å²) in [5.41, 5.74) is 1.71. The van der Waals surface area contributed by atoms with Gasteiger partial charge in [0.05, 0.1) is 24.8 Å². The Hall–Kier alpha value is -3.24. The SMILES string of the molecule is COc1ccc(OC)c(-c2ccc(N3CCN(S(=O)(=O)c4ccc(F)c(C)c4)CC3)nn2)c1. The van der Waals surface area contributed by atoms with Crippen LogP contribution in [0.5, 0.6) is 11.5 Å². The molecule has 0 bridgehead atoms. The summed E-state index contributed by atoms with van der Waals surface area (Å²) < 4.78 is 51.6. The summed E-state index contributed by atoms with van der Waals surface area (Å²) in [6.07, 6.45) is 0. The number of hydrogen-bond acceptors (Lipinski definition) is 7. The van der Waals surface area contributed by atoms with Gasteiger partial charge in [-0.15, -0.1) is 10.2 Å². The Labute approximate surface area is 192 Å². The number of ether oxygens (including phenoxy) is 2. The molecule has 174 valence electrons. The van der Waals surface area contributed by atoms with E-state index < -0.39 is 15.8 Å². The van der Waals surface area contributed by atoms with Gasteiger partial charge in [-0.25, -0.2) is 12.8 Å². The molecule has 1 fully saturated rings. The van der Waals surface area contributed by atoms with Gasteiger partial charge in [0.2, 0.25) is 10.0 Å². The van der Waals surface area contributed by atoms with Crippen LogP contribution in [-0.2, 0) is 10.0 Å². The number of piperazine rings is 1. The van der Waals surface area contributed by atoms with Crippen LogP contribution in [0.3, 0.4) is 0 Å². The van der Waals surface area contributed by atoms with E-state index in [2.05, 4.69) is 10.2 Å². The molecule has 1 aliphatic heterocycles. The lowest BCUT2D eigenvalue weighted by atomic mass is 10.1. The summed E-state index contributed by atoms with van der Waals surface area (Å²) in [6.45, 7) is 3.08. The number of rotatable bonds is 6. The average molecular weight is 473 g/mol. The van der Waals surface area contributed by atoms with E-state index in [1.165, 1.54) is 22.5 Å². The number of benzene rings is 2. The Morgan fingerprint density at radius 2 is 1.67 bits per heavy atom. The standard InChI is InChI=1S/C23H25FN4O4S/c1-16-14-18(5-6-20(16)24)33(29,30)28-12-10-27(11-13-28)23-9-7-21(25-26-23)19-15-17(31-2)4-8-22(19)32-3/h4-9,14-15H,10-13H2,1-3H3. The molecule has 1 aromatic heterocycles. The number of hydrogen-bond donors (Lipinski definition) is 0. The number of methoxy groups -OCH3 is 2. The van der Waals surface area contributed by atoms with Gasteiger partial charge in [-0.3, -0.25) is 0 Å². The molecular formula is C23H25FN4O4S. The molecule has 2 heterocycles. The Morgan fingerprint density at radius 1 is 0.909 bits per heavy atom. The highest BCUT2D eigenvalue weighted by Crippen LogP contribution is 2.32. The monoisotopic (exact) mass is 472 g/mol. The van der Waals surface area contributed by atoms with Crippen LogP contribution in [0.2, 0.25) is 0 Å². The summed E-state index contributed by atoms with van der Waals surface area (Å²) in [4.78, 5) is 2.09. The number of sulfonamides is 1. The summed E-state index contributed by atoms with van der Waals surface area (Å²) in [6, 6.07) is 13.0. The first-order valence-corrected chi connectivity index (χ1v) is 11.8. The highest BCUT2D eigenvalue weighted by atomic mass is 32.2. The van der Waals surface area contributed by atoms with Crippen molar-refractivity contribution < 1.29 is 22.3 Å². The van der Waals surface area contributed by atoms with Gasteiger partial charge in [-0.05, 0) is 61.0 Å². The van der Waals surface area contributed by atoms with Gasteiger partial charge < -0.3 is 14.4 Å². The molecule has 33 heavy (non-hydrogen) atoms. The van der Waals surface area contributed by atoms with Gasteiger partial charge in [-0.2, -0.15) is 4.31 Å². The van der Waals surface area contributed by atoms with Crippen molar-refractivity contribution in [1.82, 2.24) is 14.5 Å². The molecule has 0 atom stereocenters. The smallest absolute Gasteiger partial charge is 0.243 e. The topological polar surface area (TPSA) is 84.9 Å². The van der Waals surface area contributed by atoms with E-state index >= 15 is 0 Å². The first-order valence-electron chi connectivity index (χ1n) is 10.4. The summed E-state index contributed by atoms with van der Waals surface area (Å²) in [7, 11) is -0.500. The molecule has 8 nitrogen and oxygen atoms in total. The third-order valence-electron chi connectivity index (χ3n) is 5.66. The van der Waals surface area contributed by atoms with Crippen molar-refractivity contribution in [3.8, 4) is 22.8 Å².